The van der Waals surface area contributed by atoms with Gasteiger partial charge in [-0.3, -0.25) is 9.59 Å². The van der Waals surface area contributed by atoms with Crippen LogP contribution < -0.4 is 5.73 Å². The topological polar surface area (TPSA) is 92.9 Å². The standard InChI is InChI=1S/C13H16N2O4/c14-13(18)11-8-15(5-6-19-11)12(17)7-9-3-1-2-4-10(9)16/h1-4,11,16H,5-8H2,(H2,14,18)/t11-/m1/s1. The second kappa shape index (κ2) is 5.71. The SMILES string of the molecule is NC(=O)[C@H]1CN(C(=O)Cc2ccccc2O)CCO1. The predicted octanol–water partition coefficient (Wildman–Crippen LogP) is -0.353. The van der Waals surface area contributed by atoms with E-state index in [1.165, 1.54) is 11.0 Å². The maximum absolute atomic E-state index is 12.1. The number of phenols is 1. The van der Waals surface area contributed by atoms with E-state index in [0.717, 1.165) is 0 Å². The number of primary amides is 1. The summed E-state index contributed by atoms with van der Waals surface area (Å²) < 4.78 is 5.18. The van der Waals surface area contributed by atoms with E-state index >= 15 is 0 Å². The molecule has 1 aromatic carbocycles. The molecule has 6 nitrogen and oxygen atoms in total. The largest absolute Gasteiger partial charge is 0.508 e. The molecule has 0 radical (unpaired) electrons. The van der Waals surface area contributed by atoms with Crippen LogP contribution in [0.4, 0.5) is 0 Å². The number of nitrogens with two attached hydrogens (primary N) is 1. The highest BCUT2D eigenvalue weighted by Gasteiger charge is 2.27. The van der Waals surface area contributed by atoms with Crippen LogP contribution in [0.5, 0.6) is 5.75 Å². The van der Waals surface area contributed by atoms with Crippen LogP contribution in [0.15, 0.2) is 24.3 Å². The Morgan fingerprint density at radius 1 is 1.42 bits per heavy atom. The van der Waals surface area contributed by atoms with Gasteiger partial charge in [0.15, 0.2) is 6.10 Å². The first-order valence-corrected chi connectivity index (χ1v) is 6.03. The molecule has 1 aliphatic heterocycles. The fraction of sp³-hybridized carbons (Fsp3) is 0.385. The zero-order chi connectivity index (χ0) is 13.8. The van der Waals surface area contributed by atoms with Crippen molar-refractivity contribution in [1.82, 2.24) is 4.90 Å². The molecule has 1 atom stereocenters. The van der Waals surface area contributed by atoms with E-state index in [-0.39, 0.29) is 24.6 Å². The molecule has 0 saturated carbocycles. The second-order valence-corrected chi connectivity index (χ2v) is 4.41. The van der Waals surface area contributed by atoms with Gasteiger partial charge in [0.25, 0.3) is 0 Å². The molecule has 1 aliphatic rings. The third-order valence-electron chi connectivity index (χ3n) is 3.07. The van der Waals surface area contributed by atoms with Gasteiger partial charge in [0, 0.05) is 12.1 Å². The number of aromatic hydroxyl groups is 1. The summed E-state index contributed by atoms with van der Waals surface area (Å²) in [5.74, 6) is -0.633. The maximum Gasteiger partial charge on any atom is 0.248 e. The Morgan fingerprint density at radius 3 is 2.84 bits per heavy atom. The van der Waals surface area contributed by atoms with Gasteiger partial charge in [0.05, 0.1) is 19.6 Å². The molecule has 0 aromatic heterocycles. The van der Waals surface area contributed by atoms with Crippen molar-refractivity contribution < 1.29 is 19.4 Å². The number of amides is 2. The fourth-order valence-corrected chi connectivity index (χ4v) is 1.98. The number of hydrogen-bond acceptors (Lipinski definition) is 4. The van der Waals surface area contributed by atoms with Gasteiger partial charge >= 0.3 is 0 Å². The van der Waals surface area contributed by atoms with Gasteiger partial charge in [-0.2, -0.15) is 0 Å². The average Bonchev–Trinajstić information content (AvgIpc) is 2.41. The highest BCUT2D eigenvalue weighted by atomic mass is 16.5. The predicted molar refractivity (Wildman–Crippen MR) is 67.3 cm³/mol. The van der Waals surface area contributed by atoms with Crippen molar-refractivity contribution in [2.75, 3.05) is 19.7 Å². The number of phenolic OH excluding ortho intramolecular Hbond substituents is 1. The minimum absolute atomic E-state index is 0.0931. The molecule has 6 heteroatoms. The Bertz CT molecular complexity index is 489. The molecular formula is C13H16N2O4. The number of carbonyl (C=O) groups excluding carboxylic acids is 2. The van der Waals surface area contributed by atoms with Crippen molar-refractivity contribution >= 4 is 11.8 Å². The monoisotopic (exact) mass is 264 g/mol. The van der Waals surface area contributed by atoms with E-state index < -0.39 is 12.0 Å². The molecule has 19 heavy (non-hydrogen) atoms. The minimum Gasteiger partial charge on any atom is -0.508 e. The summed E-state index contributed by atoms with van der Waals surface area (Å²) in [5, 5.41) is 9.63. The van der Waals surface area contributed by atoms with Crippen molar-refractivity contribution in [3.8, 4) is 5.75 Å². The van der Waals surface area contributed by atoms with Crippen LogP contribution in [0.25, 0.3) is 0 Å². The average molecular weight is 264 g/mol. The minimum atomic E-state index is -0.748. The van der Waals surface area contributed by atoms with Gasteiger partial charge in [-0.1, -0.05) is 18.2 Å². The number of benzene rings is 1. The van der Waals surface area contributed by atoms with Crippen LogP contribution in [0.3, 0.4) is 0 Å². The van der Waals surface area contributed by atoms with Crippen LogP contribution in [0.2, 0.25) is 0 Å². The maximum atomic E-state index is 12.1. The Labute approximate surface area is 110 Å². The van der Waals surface area contributed by atoms with Crippen molar-refractivity contribution in [1.29, 1.82) is 0 Å². The Kier molecular flexibility index (Phi) is 4.01. The number of ether oxygens (including phenoxy) is 1. The first-order valence-electron chi connectivity index (χ1n) is 6.03. The number of nitrogens with zero attached hydrogens (tertiary/aromatic N) is 1. The highest BCUT2D eigenvalue weighted by Crippen LogP contribution is 2.17. The third-order valence-corrected chi connectivity index (χ3v) is 3.07. The van der Waals surface area contributed by atoms with Crippen LogP contribution in [-0.4, -0.2) is 47.6 Å². The first-order chi connectivity index (χ1) is 9.08. The molecule has 1 fully saturated rings. The third kappa shape index (κ3) is 3.23. The zero-order valence-corrected chi connectivity index (χ0v) is 10.4. The quantitative estimate of drug-likeness (QED) is 0.780. The van der Waals surface area contributed by atoms with E-state index in [9.17, 15) is 14.7 Å². The highest BCUT2D eigenvalue weighted by molar-refractivity contribution is 5.82. The number of morpholine rings is 1. The number of para-hydroxylation sites is 1. The lowest BCUT2D eigenvalue weighted by molar-refractivity contribution is -0.145. The van der Waals surface area contributed by atoms with Crippen molar-refractivity contribution in [2.24, 2.45) is 5.73 Å². The molecule has 1 heterocycles. The molecule has 2 rings (SSSR count). The number of carbonyl (C=O) groups is 2. The molecular weight excluding hydrogens is 248 g/mol. The Balaban J connectivity index is 2.00. The summed E-state index contributed by atoms with van der Waals surface area (Å²) in [7, 11) is 0. The molecule has 2 amide bonds. The fourth-order valence-electron chi connectivity index (χ4n) is 1.98. The zero-order valence-electron chi connectivity index (χ0n) is 10.4. The first kappa shape index (κ1) is 13.4. The molecule has 0 spiro atoms. The van der Waals surface area contributed by atoms with E-state index in [2.05, 4.69) is 0 Å². The summed E-state index contributed by atoms with van der Waals surface area (Å²) >= 11 is 0. The molecule has 1 aromatic rings. The summed E-state index contributed by atoms with van der Waals surface area (Å²) in [6.07, 6.45) is -0.653. The van der Waals surface area contributed by atoms with Crippen molar-refractivity contribution in [2.45, 2.75) is 12.5 Å². The lowest BCUT2D eigenvalue weighted by Crippen LogP contribution is -2.50. The summed E-state index contributed by atoms with van der Waals surface area (Å²) in [6, 6.07) is 6.68. The van der Waals surface area contributed by atoms with E-state index in [0.29, 0.717) is 18.7 Å². The van der Waals surface area contributed by atoms with Crippen molar-refractivity contribution in [3.05, 3.63) is 29.8 Å². The van der Waals surface area contributed by atoms with Gasteiger partial charge in [-0.25, -0.2) is 0 Å². The lowest BCUT2D eigenvalue weighted by Gasteiger charge is -2.31. The van der Waals surface area contributed by atoms with Crippen LogP contribution in [0.1, 0.15) is 5.56 Å². The van der Waals surface area contributed by atoms with Gasteiger partial charge in [0.1, 0.15) is 5.75 Å². The smallest absolute Gasteiger partial charge is 0.248 e. The van der Waals surface area contributed by atoms with Crippen LogP contribution in [-0.2, 0) is 20.7 Å². The Morgan fingerprint density at radius 2 is 2.16 bits per heavy atom. The Hall–Kier alpha value is -2.08. The normalized spacial score (nSPS) is 19.2. The van der Waals surface area contributed by atoms with Crippen molar-refractivity contribution in [3.63, 3.8) is 0 Å². The summed E-state index contributed by atoms with van der Waals surface area (Å²) in [6.45, 7) is 0.887. The summed E-state index contributed by atoms with van der Waals surface area (Å²) in [5.41, 5.74) is 5.73. The molecule has 0 bridgehead atoms. The number of hydrogen-bond donors (Lipinski definition) is 2. The molecule has 102 valence electrons. The van der Waals surface area contributed by atoms with E-state index in [1.54, 1.807) is 18.2 Å². The molecule has 1 saturated heterocycles. The summed E-state index contributed by atoms with van der Waals surface area (Å²) in [4.78, 5) is 24.7. The van der Waals surface area contributed by atoms with Gasteiger partial charge in [-0.15, -0.1) is 0 Å². The van der Waals surface area contributed by atoms with Crippen LogP contribution >= 0.6 is 0 Å². The lowest BCUT2D eigenvalue weighted by atomic mass is 10.1. The van der Waals surface area contributed by atoms with Gasteiger partial charge in [0.2, 0.25) is 11.8 Å². The second-order valence-electron chi connectivity index (χ2n) is 4.41. The number of rotatable bonds is 3. The van der Waals surface area contributed by atoms with E-state index in [1.807, 2.05) is 0 Å². The van der Waals surface area contributed by atoms with E-state index in [4.69, 9.17) is 10.5 Å². The molecule has 3 N–H and O–H groups in total. The molecule has 0 unspecified atom stereocenters. The van der Waals surface area contributed by atoms with Crippen LogP contribution in [0, 0.1) is 0 Å². The molecule has 0 aliphatic carbocycles. The van der Waals surface area contributed by atoms with Gasteiger partial charge < -0.3 is 20.5 Å². The van der Waals surface area contributed by atoms with Gasteiger partial charge in [-0.05, 0) is 6.07 Å².